The molecule has 1 unspecified atom stereocenters. The van der Waals surface area contributed by atoms with Crippen molar-refractivity contribution < 1.29 is 14.3 Å². The zero-order valence-electron chi connectivity index (χ0n) is 17.0. The van der Waals surface area contributed by atoms with Crippen molar-refractivity contribution in [2.45, 2.75) is 13.0 Å². The number of likely N-dealkylation sites (N-methyl/N-ethyl adjacent to an activating group) is 1. The molecule has 150 valence electrons. The number of rotatable bonds is 7. The summed E-state index contributed by atoms with van der Waals surface area (Å²) in [5.41, 5.74) is 2.48. The van der Waals surface area contributed by atoms with E-state index in [0.29, 0.717) is 12.2 Å². The van der Waals surface area contributed by atoms with Gasteiger partial charge >= 0.3 is 6.03 Å². The average molecular weight is 384 g/mol. The fourth-order valence-corrected chi connectivity index (χ4v) is 2.76. The zero-order chi connectivity index (χ0) is 20.7. The molecule has 2 rings (SSSR count). The third kappa shape index (κ3) is 5.72. The van der Waals surface area contributed by atoms with Gasteiger partial charge < -0.3 is 25.2 Å². The molecule has 2 N–H and O–H groups in total. The van der Waals surface area contributed by atoms with Gasteiger partial charge in [0.05, 0.1) is 13.2 Å². The number of amides is 3. The Morgan fingerprint density at radius 3 is 2.32 bits per heavy atom. The van der Waals surface area contributed by atoms with Crippen molar-refractivity contribution in [1.82, 2.24) is 10.2 Å². The van der Waals surface area contributed by atoms with Gasteiger partial charge in [0.1, 0.15) is 5.75 Å². The number of benzene rings is 2. The van der Waals surface area contributed by atoms with Crippen LogP contribution in [0.15, 0.2) is 48.5 Å². The molecule has 0 bridgehead atoms. The Morgan fingerprint density at radius 1 is 1.07 bits per heavy atom. The first-order chi connectivity index (χ1) is 13.3. The van der Waals surface area contributed by atoms with Crippen molar-refractivity contribution in [2.75, 3.05) is 45.0 Å². The minimum atomic E-state index is -0.289. The van der Waals surface area contributed by atoms with Gasteiger partial charge in [0.25, 0.3) is 0 Å². The molecule has 0 radical (unpaired) electrons. The fourth-order valence-electron chi connectivity index (χ4n) is 2.76. The lowest BCUT2D eigenvalue weighted by Gasteiger charge is -2.25. The lowest BCUT2D eigenvalue weighted by Crippen LogP contribution is -2.36. The van der Waals surface area contributed by atoms with Crippen molar-refractivity contribution in [3.63, 3.8) is 0 Å². The minimum Gasteiger partial charge on any atom is -0.497 e. The van der Waals surface area contributed by atoms with E-state index in [-0.39, 0.29) is 18.0 Å². The molecular formula is C21H28N4O3. The molecule has 3 amide bonds. The maximum Gasteiger partial charge on any atom is 0.319 e. The molecule has 0 heterocycles. The first-order valence-corrected chi connectivity index (χ1v) is 9.01. The molecule has 0 aromatic heterocycles. The third-order valence-corrected chi connectivity index (χ3v) is 4.54. The Hall–Kier alpha value is -3.06. The molecule has 28 heavy (non-hydrogen) atoms. The predicted octanol–water partition coefficient (Wildman–Crippen LogP) is 3.10. The van der Waals surface area contributed by atoms with Crippen molar-refractivity contribution in [2.24, 2.45) is 0 Å². The van der Waals surface area contributed by atoms with Gasteiger partial charge in [0.2, 0.25) is 5.91 Å². The molecule has 7 nitrogen and oxygen atoms in total. The lowest BCUT2D eigenvalue weighted by atomic mass is 10.1. The van der Waals surface area contributed by atoms with E-state index in [9.17, 15) is 9.59 Å². The molecule has 1 atom stereocenters. The smallest absolute Gasteiger partial charge is 0.319 e. The van der Waals surface area contributed by atoms with Gasteiger partial charge in [-0.25, -0.2) is 4.79 Å². The summed E-state index contributed by atoms with van der Waals surface area (Å²) in [6.45, 7) is 1.94. The molecule has 0 aliphatic carbocycles. The van der Waals surface area contributed by atoms with Crippen LogP contribution in [-0.4, -0.2) is 51.6 Å². The normalized spacial score (nSPS) is 11.6. The minimum absolute atomic E-state index is 0.00689. The second-order valence-electron chi connectivity index (χ2n) is 6.72. The van der Waals surface area contributed by atoms with Crippen LogP contribution in [0.5, 0.6) is 5.75 Å². The Kier molecular flexibility index (Phi) is 7.40. The Labute approximate surface area is 166 Å². The van der Waals surface area contributed by atoms with Crippen molar-refractivity contribution in [3.8, 4) is 5.75 Å². The fraction of sp³-hybridized carbons (Fsp3) is 0.333. The van der Waals surface area contributed by atoms with Crippen LogP contribution in [0.3, 0.4) is 0 Å². The Morgan fingerprint density at radius 2 is 1.75 bits per heavy atom. The van der Waals surface area contributed by atoms with E-state index in [0.717, 1.165) is 17.0 Å². The summed E-state index contributed by atoms with van der Waals surface area (Å²) in [5.74, 6) is 0.732. The number of nitrogens with zero attached hydrogens (tertiary/aromatic N) is 2. The number of urea groups is 1. The van der Waals surface area contributed by atoms with E-state index in [1.54, 1.807) is 43.3 Å². The summed E-state index contributed by atoms with van der Waals surface area (Å²) in [6, 6.07) is 14.6. The standard InChI is InChI=1S/C21H28N4O3/c1-15(26)25(4)18-11-9-17(10-12-18)23-21(27)22-14-20(24(2)3)16-7-6-8-19(13-16)28-5/h6-13,20H,14H2,1-5H3,(H2,22,23,27). The highest BCUT2D eigenvalue weighted by Gasteiger charge is 2.16. The number of hydrogen-bond acceptors (Lipinski definition) is 4. The number of nitrogens with one attached hydrogen (secondary N) is 2. The largest absolute Gasteiger partial charge is 0.497 e. The van der Waals surface area contributed by atoms with Gasteiger partial charge in [-0.3, -0.25) is 4.79 Å². The van der Waals surface area contributed by atoms with Crippen LogP contribution in [-0.2, 0) is 4.79 Å². The highest BCUT2D eigenvalue weighted by molar-refractivity contribution is 5.92. The van der Waals surface area contributed by atoms with Gasteiger partial charge in [-0.15, -0.1) is 0 Å². The van der Waals surface area contributed by atoms with E-state index in [1.165, 1.54) is 6.92 Å². The summed E-state index contributed by atoms with van der Waals surface area (Å²) in [7, 11) is 7.27. The van der Waals surface area contributed by atoms with Crippen LogP contribution >= 0.6 is 0 Å². The van der Waals surface area contributed by atoms with Gasteiger partial charge in [-0.2, -0.15) is 0 Å². The molecule has 0 saturated heterocycles. The lowest BCUT2D eigenvalue weighted by molar-refractivity contribution is -0.116. The topological polar surface area (TPSA) is 73.9 Å². The third-order valence-electron chi connectivity index (χ3n) is 4.54. The van der Waals surface area contributed by atoms with Crippen molar-refractivity contribution in [3.05, 3.63) is 54.1 Å². The predicted molar refractivity (Wildman–Crippen MR) is 112 cm³/mol. The monoisotopic (exact) mass is 384 g/mol. The first kappa shape index (κ1) is 21.2. The van der Waals surface area contributed by atoms with Crippen molar-refractivity contribution in [1.29, 1.82) is 0 Å². The van der Waals surface area contributed by atoms with Crippen LogP contribution in [0.4, 0.5) is 16.2 Å². The maximum atomic E-state index is 12.3. The van der Waals surface area contributed by atoms with E-state index in [1.807, 2.05) is 43.3 Å². The van der Waals surface area contributed by atoms with Crippen LogP contribution in [0.25, 0.3) is 0 Å². The molecular weight excluding hydrogens is 356 g/mol. The molecule has 0 saturated carbocycles. The first-order valence-electron chi connectivity index (χ1n) is 9.01. The van der Waals surface area contributed by atoms with Crippen LogP contribution in [0.2, 0.25) is 0 Å². The van der Waals surface area contributed by atoms with Crippen molar-refractivity contribution >= 4 is 23.3 Å². The van der Waals surface area contributed by atoms with Gasteiger partial charge in [0.15, 0.2) is 0 Å². The number of ether oxygens (including phenoxy) is 1. The van der Waals surface area contributed by atoms with Crippen LogP contribution in [0.1, 0.15) is 18.5 Å². The second-order valence-corrected chi connectivity index (χ2v) is 6.72. The molecule has 0 fully saturated rings. The summed E-state index contributed by atoms with van der Waals surface area (Å²) in [6.07, 6.45) is 0. The van der Waals surface area contributed by atoms with E-state index in [4.69, 9.17) is 4.74 Å². The van der Waals surface area contributed by atoms with E-state index in [2.05, 4.69) is 10.6 Å². The molecule has 2 aromatic rings. The summed E-state index contributed by atoms with van der Waals surface area (Å²) >= 11 is 0. The van der Waals surface area contributed by atoms with Crippen LogP contribution in [0, 0.1) is 0 Å². The highest BCUT2D eigenvalue weighted by Crippen LogP contribution is 2.22. The summed E-state index contributed by atoms with van der Waals surface area (Å²) < 4.78 is 5.29. The molecule has 7 heteroatoms. The second kappa shape index (κ2) is 9.75. The maximum absolute atomic E-state index is 12.3. The number of hydrogen-bond donors (Lipinski definition) is 2. The Bertz CT molecular complexity index is 806. The van der Waals surface area contributed by atoms with Gasteiger partial charge in [0, 0.05) is 31.9 Å². The van der Waals surface area contributed by atoms with Gasteiger partial charge in [-0.05, 0) is 56.1 Å². The average Bonchev–Trinajstić information content (AvgIpc) is 2.68. The van der Waals surface area contributed by atoms with E-state index < -0.39 is 0 Å². The summed E-state index contributed by atoms with van der Waals surface area (Å²) in [4.78, 5) is 27.3. The zero-order valence-corrected chi connectivity index (χ0v) is 17.0. The highest BCUT2D eigenvalue weighted by atomic mass is 16.5. The quantitative estimate of drug-likeness (QED) is 0.769. The SMILES string of the molecule is COc1cccc(C(CNC(=O)Nc2ccc(N(C)C(C)=O)cc2)N(C)C)c1. The van der Waals surface area contributed by atoms with Gasteiger partial charge in [-0.1, -0.05) is 12.1 Å². The number of carbonyl (C=O) groups is 2. The molecule has 0 aliphatic heterocycles. The van der Waals surface area contributed by atoms with Crippen LogP contribution < -0.4 is 20.3 Å². The molecule has 0 spiro atoms. The number of carbonyl (C=O) groups excluding carboxylic acids is 2. The summed E-state index contributed by atoms with van der Waals surface area (Å²) in [5, 5.41) is 5.72. The van der Waals surface area contributed by atoms with E-state index >= 15 is 0 Å². The Balaban J connectivity index is 1.96. The number of methoxy groups -OCH3 is 1. The number of anilines is 2. The molecule has 0 aliphatic rings. The molecule has 2 aromatic carbocycles.